The molecule has 1 aliphatic rings. The molecule has 0 bridgehead atoms. The van der Waals surface area contributed by atoms with E-state index < -0.39 is 0 Å². The van der Waals surface area contributed by atoms with Crippen LogP contribution < -0.4 is 16.4 Å². The molecule has 2 N–H and O–H groups in total. The van der Waals surface area contributed by atoms with Crippen molar-refractivity contribution in [2.75, 3.05) is 5.32 Å². The molecule has 0 saturated heterocycles. The smallest absolute Gasteiger partial charge is 0.280 e. The summed E-state index contributed by atoms with van der Waals surface area (Å²) in [5, 5.41) is 21.3. The van der Waals surface area contributed by atoms with Crippen molar-refractivity contribution in [3.63, 3.8) is 0 Å². The number of anilines is 2. The van der Waals surface area contributed by atoms with Gasteiger partial charge in [-0.05, 0) is 59.7 Å². The van der Waals surface area contributed by atoms with E-state index in [1.807, 2.05) is 16.7 Å². The van der Waals surface area contributed by atoms with Gasteiger partial charge >= 0.3 is 0 Å². The summed E-state index contributed by atoms with van der Waals surface area (Å²) < 4.78 is 4.91. The number of rotatable bonds is 5. The first-order chi connectivity index (χ1) is 18.3. The number of aliphatic hydroxyl groups is 1. The van der Waals surface area contributed by atoms with Crippen LogP contribution in [0.15, 0.2) is 70.9 Å². The second-order valence-corrected chi connectivity index (χ2v) is 10.5. The Bertz CT molecular complexity index is 1820. The highest BCUT2D eigenvalue weighted by Crippen LogP contribution is 2.37. The normalized spacial score (nSPS) is 14.1. The first-order valence-electron chi connectivity index (χ1n) is 12.3. The highest BCUT2D eigenvalue weighted by molar-refractivity contribution is 5.73. The Kier molecular flexibility index (Phi) is 5.50. The van der Waals surface area contributed by atoms with Crippen molar-refractivity contribution < 1.29 is 5.11 Å². The molecular weight excluding hydrogens is 482 g/mol. The lowest BCUT2D eigenvalue weighted by atomic mass is 9.90. The zero-order valence-electron chi connectivity index (χ0n) is 21.3. The third kappa shape index (κ3) is 3.90. The predicted octanol–water partition coefficient (Wildman–Crippen LogP) is 3.00. The summed E-state index contributed by atoms with van der Waals surface area (Å²) in [6, 6.07) is 8.86. The highest BCUT2D eigenvalue weighted by Gasteiger charge is 2.31. The first-order valence-corrected chi connectivity index (χ1v) is 12.3. The Balaban J connectivity index is 1.47. The van der Waals surface area contributed by atoms with Crippen molar-refractivity contribution >= 4 is 17.0 Å². The number of hydrogen-bond acceptors (Lipinski definition) is 7. The van der Waals surface area contributed by atoms with Gasteiger partial charge in [-0.3, -0.25) is 14.2 Å². The van der Waals surface area contributed by atoms with E-state index in [9.17, 15) is 14.7 Å². The van der Waals surface area contributed by atoms with Crippen LogP contribution in [0.25, 0.3) is 22.5 Å². The fourth-order valence-electron chi connectivity index (χ4n) is 5.40. The van der Waals surface area contributed by atoms with Crippen molar-refractivity contribution in [1.82, 2.24) is 28.7 Å². The molecule has 0 amide bonds. The standard InChI is InChI=1S/C28H27N7O3/c1-28(2)13-17-12-22-27(38)35(10-9-34(22)23(17)14-28)25-20(16-36)19(6-8-29-25)18-11-21(26(37)33(3)15-18)31-24-5-4-7-30-32-24/h4-12,15,36H,13-14,16H2,1-3H3,(H,31,32). The minimum atomic E-state index is -0.350. The van der Waals surface area contributed by atoms with E-state index in [1.165, 1.54) is 20.4 Å². The number of aryl methyl sites for hydroxylation is 1. The zero-order valence-corrected chi connectivity index (χ0v) is 21.3. The minimum absolute atomic E-state index is 0.178. The number of nitrogens with one attached hydrogen (secondary N) is 1. The molecule has 10 nitrogen and oxygen atoms in total. The van der Waals surface area contributed by atoms with Crippen LogP contribution in [0.2, 0.25) is 0 Å². The topological polar surface area (TPSA) is 119 Å². The lowest BCUT2D eigenvalue weighted by Crippen LogP contribution is -2.23. The van der Waals surface area contributed by atoms with Crippen LogP contribution in [-0.2, 0) is 26.5 Å². The van der Waals surface area contributed by atoms with Crippen molar-refractivity contribution in [3.05, 3.63) is 98.8 Å². The van der Waals surface area contributed by atoms with Gasteiger partial charge in [0.05, 0.1) is 6.61 Å². The molecule has 1 aliphatic carbocycles. The lowest BCUT2D eigenvalue weighted by molar-refractivity contribution is 0.281. The van der Waals surface area contributed by atoms with Gasteiger partial charge in [0, 0.05) is 54.9 Å². The van der Waals surface area contributed by atoms with Crippen LogP contribution in [0.5, 0.6) is 0 Å². The fraction of sp³-hybridized carbons (Fsp3) is 0.250. The fourth-order valence-corrected chi connectivity index (χ4v) is 5.40. The average Bonchev–Trinajstić information content (AvgIpc) is 3.39. The zero-order chi connectivity index (χ0) is 26.6. The van der Waals surface area contributed by atoms with Gasteiger partial charge in [-0.1, -0.05) is 13.8 Å². The molecule has 0 radical (unpaired) electrons. The summed E-state index contributed by atoms with van der Waals surface area (Å²) in [5.41, 5.74) is 4.79. The summed E-state index contributed by atoms with van der Waals surface area (Å²) in [4.78, 5) is 30.9. The summed E-state index contributed by atoms with van der Waals surface area (Å²) in [7, 11) is 1.65. The average molecular weight is 510 g/mol. The van der Waals surface area contributed by atoms with E-state index in [1.54, 1.807) is 56.1 Å². The van der Waals surface area contributed by atoms with Gasteiger partial charge in [-0.15, -0.1) is 5.10 Å². The summed E-state index contributed by atoms with van der Waals surface area (Å²) in [6.45, 7) is 4.12. The van der Waals surface area contributed by atoms with Gasteiger partial charge in [-0.25, -0.2) is 4.98 Å². The van der Waals surface area contributed by atoms with Gasteiger partial charge in [-0.2, -0.15) is 5.10 Å². The number of fused-ring (bicyclic) bond motifs is 3. The minimum Gasteiger partial charge on any atom is -0.392 e. The van der Waals surface area contributed by atoms with E-state index in [2.05, 4.69) is 34.3 Å². The van der Waals surface area contributed by atoms with Gasteiger partial charge in [0.1, 0.15) is 17.0 Å². The molecular formula is C28H27N7O3. The van der Waals surface area contributed by atoms with Crippen molar-refractivity contribution in [2.24, 2.45) is 12.5 Å². The summed E-state index contributed by atoms with van der Waals surface area (Å²) in [5.74, 6) is 0.776. The molecule has 38 heavy (non-hydrogen) atoms. The van der Waals surface area contributed by atoms with Crippen LogP contribution in [0.3, 0.4) is 0 Å². The molecule has 5 heterocycles. The number of aromatic nitrogens is 6. The van der Waals surface area contributed by atoms with Gasteiger partial charge in [0.2, 0.25) is 0 Å². The molecule has 0 unspecified atom stereocenters. The first kappa shape index (κ1) is 23.8. The summed E-state index contributed by atoms with van der Waals surface area (Å²) in [6.07, 6.45) is 10.3. The molecule has 0 fully saturated rings. The molecule has 192 valence electrons. The molecule has 0 spiro atoms. The molecule has 0 aliphatic heterocycles. The van der Waals surface area contributed by atoms with E-state index in [4.69, 9.17) is 0 Å². The Labute approximate surface area is 217 Å². The molecule has 0 aromatic carbocycles. The molecule has 0 saturated carbocycles. The molecule has 10 heteroatoms. The van der Waals surface area contributed by atoms with Gasteiger partial charge < -0.3 is 19.4 Å². The van der Waals surface area contributed by atoms with Gasteiger partial charge in [0.15, 0.2) is 5.82 Å². The second kappa shape index (κ2) is 8.77. The summed E-state index contributed by atoms with van der Waals surface area (Å²) >= 11 is 0. The number of pyridine rings is 2. The van der Waals surface area contributed by atoms with E-state index >= 15 is 0 Å². The van der Waals surface area contributed by atoms with Crippen LogP contribution in [0.1, 0.15) is 30.7 Å². The van der Waals surface area contributed by atoms with E-state index in [0.717, 1.165) is 12.8 Å². The Morgan fingerprint density at radius 3 is 2.68 bits per heavy atom. The maximum atomic E-state index is 13.6. The number of nitrogens with zero attached hydrogens (tertiary/aromatic N) is 6. The van der Waals surface area contributed by atoms with Crippen LogP contribution in [0, 0.1) is 5.41 Å². The van der Waals surface area contributed by atoms with Crippen LogP contribution >= 0.6 is 0 Å². The Morgan fingerprint density at radius 2 is 1.92 bits per heavy atom. The second-order valence-electron chi connectivity index (χ2n) is 10.5. The van der Waals surface area contributed by atoms with Gasteiger partial charge in [0.25, 0.3) is 11.1 Å². The SMILES string of the molecule is Cn1cc(-c2ccnc(-n3ccn4c5c(cc4c3=O)CC(C)(C)C5)c2CO)cc(Nc2cccnn2)c1=O. The number of aliphatic hydroxyl groups excluding tert-OH is 1. The molecule has 6 rings (SSSR count). The maximum Gasteiger partial charge on any atom is 0.280 e. The molecule has 5 aromatic heterocycles. The quantitative estimate of drug-likeness (QED) is 0.374. The van der Waals surface area contributed by atoms with E-state index in [-0.39, 0.29) is 23.1 Å². The van der Waals surface area contributed by atoms with E-state index in [0.29, 0.717) is 39.5 Å². The van der Waals surface area contributed by atoms with Crippen LogP contribution in [-0.4, -0.2) is 33.8 Å². The third-order valence-corrected chi connectivity index (χ3v) is 7.10. The largest absolute Gasteiger partial charge is 0.392 e. The highest BCUT2D eigenvalue weighted by atomic mass is 16.3. The van der Waals surface area contributed by atoms with Crippen molar-refractivity contribution in [3.8, 4) is 16.9 Å². The maximum absolute atomic E-state index is 13.6. The van der Waals surface area contributed by atoms with Crippen molar-refractivity contribution in [1.29, 1.82) is 0 Å². The monoisotopic (exact) mass is 509 g/mol. The lowest BCUT2D eigenvalue weighted by Gasteiger charge is -2.17. The molecule has 0 atom stereocenters. The third-order valence-electron chi connectivity index (χ3n) is 7.10. The number of hydrogen-bond donors (Lipinski definition) is 2. The molecule has 5 aromatic rings. The van der Waals surface area contributed by atoms with Crippen molar-refractivity contribution in [2.45, 2.75) is 33.3 Å². The Morgan fingerprint density at radius 1 is 1.08 bits per heavy atom. The Hall–Kier alpha value is -4.57. The predicted molar refractivity (Wildman–Crippen MR) is 144 cm³/mol. The van der Waals surface area contributed by atoms with Crippen LogP contribution in [0.4, 0.5) is 11.5 Å².